The van der Waals surface area contributed by atoms with Crippen molar-refractivity contribution >= 4 is 11.7 Å². The zero-order chi connectivity index (χ0) is 20.8. The van der Waals surface area contributed by atoms with Crippen molar-refractivity contribution in [1.29, 1.82) is 0 Å². The van der Waals surface area contributed by atoms with Crippen LogP contribution in [0.1, 0.15) is 54.6 Å². The monoisotopic (exact) mass is 403 g/mol. The molecule has 1 unspecified atom stereocenters. The SMILES string of the molecule is CC(C)n1cncc1C1CC(=O)Nc2c1cnn2Cc1ccccc1C(F)(F)F. The summed E-state index contributed by atoms with van der Waals surface area (Å²) in [5.74, 6) is -0.0279. The Kier molecular flexibility index (Phi) is 4.68. The molecule has 0 fully saturated rings. The highest BCUT2D eigenvalue weighted by Gasteiger charge is 2.35. The maximum Gasteiger partial charge on any atom is 0.416 e. The van der Waals surface area contributed by atoms with E-state index in [4.69, 9.17) is 0 Å². The van der Waals surface area contributed by atoms with Crippen LogP contribution in [0.2, 0.25) is 0 Å². The lowest BCUT2D eigenvalue weighted by Gasteiger charge is -2.25. The Bertz CT molecular complexity index is 1050. The number of anilines is 1. The number of alkyl halides is 3. The van der Waals surface area contributed by atoms with Crippen LogP contribution in [0.15, 0.2) is 43.0 Å². The Hall–Kier alpha value is -3.10. The molecular weight excluding hydrogens is 383 g/mol. The average molecular weight is 403 g/mol. The van der Waals surface area contributed by atoms with Crippen LogP contribution in [-0.4, -0.2) is 25.2 Å². The third-order valence-electron chi connectivity index (χ3n) is 5.14. The Morgan fingerprint density at radius 2 is 2.00 bits per heavy atom. The van der Waals surface area contributed by atoms with Crippen molar-refractivity contribution in [3.05, 3.63) is 65.4 Å². The highest BCUT2D eigenvalue weighted by Crippen LogP contribution is 2.38. The van der Waals surface area contributed by atoms with Crippen LogP contribution in [0.4, 0.5) is 19.0 Å². The zero-order valence-corrected chi connectivity index (χ0v) is 15.9. The molecule has 9 heteroatoms. The van der Waals surface area contributed by atoms with Gasteiger partial charge < -0.3 is 9.88 Å². The van der Waals surface area contributed by atoms with Gasteiger partial charge in [0, 0.05) is 35.8 Å². The number of imidazole rings is 1. The van der Waals surface area contributed by atoms with E-state index in [9.17, 15) is 18.0 Å². The van der Waals surface area contributed by atoms with Crippen molar-refractivity contribution < 1.29 is 18.0 Å². The van der Waals surface area contributed by atoms with E-state index in [1.165, 1.54) is 16.8 Å². The number of halogens is 3. The molecule has 0 saturated heterocycles. The van der Waals surface area contributed by atoms with Crippen LogP contribution in [0.3, 0.4) is 0 Å². The van der Waals surface area contributed by atoms with Crippen LogP contribution >= 0.6 is 0 Å². The van der Waals surface area contributed by atoms with Gasteiger partial charge in [0.25, 0.3) is 0 Å². The largest absolute Gasteiger partial charge is 0.416 e. The molecule has 3 aromatic rings. The van der Waals surface area contributed by atoms with Crippen LogP contribution in [0.5, 0.6) is 0 Å². The highest BCUT2D eigenvalue weighted by molar-refractivity contribution is 5.94. The van der Waals surface area contributed by atoms with E-state index < -0.39 is 11.7 Å². The van der Waals surface area contributed by atoms with Gasteiger partial charge in [-0.3, -0.25) is 4.79 Å². The van der Waals surface area contributed by atoms with Crippen molar-refractivity contribution in [2.75, 3.05) is 5.32 Å². The number of nitrogens with one attached hydrogen (secondary N) is 1. The first kappa shape index (κ1) is 19.2. The number of carbonyl (C=O) groups is 1. The van der Waals surface area contributed by atoms with Gasteiger partial charge >= 0.3 is 6.18 Å². The molecule has 0 spiro atoms. The second-order valence-corrected chi connectivity index (χ2v) is 7.39. The molecule has 6 nitrogen and oxygen atoms in total. The average Bonchev–Trinajstić information content (AvgIpc) is 3.28. The highest BCUT2D eigenvalue weighted by atomic mass is 19.4. The van der Waals surface area contributed by atoms with Gasteiger partial charge in [0.15, 0.2) is 0 Å². The Balaban J connectivity index is 1.73. The zero-order valence-electron chi connectivity index (χ0n) is 15.9. The van der Waals surface area contributed by atoms with Gasteiger partial charge in [0.2, 0.25) is 5.91 Å². The first-order valence-corrected chi connectivity index (χ1v) is 9.28. The van der Waals surface area contributed by atoms with Crippen LogP contribution in [0, 0.1) is 0 Å². The van der Waals surface area contributed by atoms with Crippen molar-refractivity contribution in [1.82, 2.24) is 19.3 Å². The second-order valence-electron chi connectivity index (χ2n) is 7.39. The van der Waals surface area contributed by atoms with Crippen LogP contribution < -0.4 is 5.32 Å². The maximum absolute atomic E-state index is 13.3. The first-order valence-electron chi connectivity index (χ1n) is 9.28. The molecule has 1 atom stereocenters. The molecule has 2 aromatic heterocycles. The maximum atomic E-state index is 13.3. The molecule has 0 bridgehead atoms. The summed E-state index contributed by atoms with van der Waals surface area (Å²) in [5.41, 5.74) is 1.04. The van der Waals surface area contributed by atoms with Gasteiger partial charge in [-0.1, -0.05) is 18.2 Å². The van der Waals surface area contributed by atoms with Crippen molar-refractivity contribution in [3.8, 4) is 0 Å². The topological polar surface area (TPSA) is 64.7 Å². The fourth-order valence-corrected chi connectivity index (χ4v) is 3.77. The number of fused-ring (bicyclic) bond motifs is 1. The lowest BCUT2D eigenvalue weighted by Crippen LogP contribution is -2.26. The number of carbonyl (C=O) groups excluding carboxylic acids is 1. The minimum Gasteiger partial charge on any atom is -0.331 e. The fourth-order valence-electron chi connectivity index (χ4n) is 3.77. The Morgan fingerprint density at radius 3 is 2.72 bits per heavy atom. The standard InChI is InChI=1S/C20H20F3N5O/c1-12(2)27-11-24-9-17(27)14-7-18(29)26-19-15(14)8-25-28(19)10-13-5-3-4-6-16(13)20(21,22)23/h3-6,8-9,11-12,14H,7,10H2,1-2H3,(H,26,29). The van der Waals surface area contributed by atoms with E-state index in [0.29, 0.717) is 5.82 Å². The molecule has 29 heavy (non-hydrogen) atoms. The third kappa shape index (κ3) is 3.52. The molecule has 1 aliphatic rings. The van der Waals surface area contributed by atoms with Crippen LogP contribution in [-0.2, 0) is 17.5 Å². The van der Waals surface area contributed by atoms with E-state index in [1.54, 1.807) is 24.8 Å². The molecule has 3 heterocycles. The summed E-state index contributed by atoms with van der Waals surface area (Å²) < 4.78 is 43.4. The number of amides is 1. The predicted molar refractivity (Wildman–Crippen MR) is 100 cm³/mol. The van der Waals surface area contributed by atoms with Gasteiger partial charge in [-0.15, -0.1) is 0 Å². The lowest BCUT2D eigenvalue weighted by atomic mass is 9.91. The molecule has 1 amide bonds. The van der Waals surface area contributed by atoms with Gasteiger partial charge in [-0.05, 0) is 25.5 Å². The Morgan fingerprint density at radius 1 is 1.24 bits per heavy atom. The smallest absolute Gasteiger partial charge is 0.331 e. The minimum absolute atomic E-state index is 0.0921. The molecule has 1 aliphatic heterocycles. The van der Waals surface area contributed by atoms with Crippen molar-refractivity contribution in [2.24, 2.45) is 0 Å². The number of nitrogens with zero attached hydrogens (tertiary/aromatic N) is 4. The number of hydrogen-bond acceptors (Lipinski definition) is 3. The van der Waals surface area contributed by atoms with Crippen LogP contribution in [0.25, 0.3) is 0 Å². The van der Waals surface area contributed by atoms with E-state index in [-0.39, 0.29) is 36.4 Å². The van der Waals surface area contributed by atoms with E-state index in [2.05, 4.69) is 15.4 Å². The van der Waals surface area contributed by atoms with E-state index in [0.717, 1.165) is 17.3 Å². The molecule has 0 radical (unpaired) electrons. The van der Waals surface area contributed by atoms with Gasteiger partial charge in [0.05, 0.1) is 24.6 Å². The third-order valence-corrected chi connectivity index (χ3v) is 5.14. The molecule has 4 rings (SSSR count). The first-order chi connectivity index (χ1) is 13.8. The molecule has 1 N–H and O–H groups in total. The number of benzene rings is 1. The summed E-state index contributed by atoms with van der Waals surface area (Å²) in [4.78, 5) is 16.6. The van der Waals surface area contributed by atoms with Gasteiger partial charge in [0.1, 0.15) is 5.82 Å². The lowest BCUT2D eigenvalue weighted by molar-refractivity contribution is -0.138. The Labute approximate surface area is 165 Å². The number of hydrogen-bond donors (Lipinski definition) is 1. The minimum atomic E-state index is -4.46. The van der Waals surface area contributed by atoms with E-state index >= 15 is 0 Å². The predicted octanol–water partition coefficient (Wildman–Crippen LogP) is 4.20. The van der Waals surface area contributed by atoms with Gasteiger partial charge in [-0.2, -0.15) is 18.3 Å². The number of aromatic nitrogens is 4. The van der Waals surface area contributed by atoms with Crippen molar-refractivity contribution in [2.45, 2.75) is 44.9 Å². The van der Waals surface area contributed by atoms with Crippen molar-refractivity contribution in [3.63, 3.8) is 0 Å². The molecule has 0 aliphatic carbocycles. The summed E-state index contributed by atoms with van der Waals surface area (Å²) >= 11 is 0. The number of rotatable bonds is 4. The molecule has 152 valence electrons. The summed E-state index contributed by atoms with van der Waals surface area (Å²) in [6, 6.07) is 5.55. The van der Waals surface area contributed by atoms with Gasteiger partial charge in [-0.25, -0.2) is 9.67 Å². The van der Waals surface area contributed by atoms with E-state index in [1.807, 2.05) is 18.4 Å². The molecule has 0 saturated carbocycles. The quantitative estimate of drug-likeness (QED) is 0.710. The molecular formula is C20H20F3N5O. The fraction of sp³-hybridized carbons (Fsp3) is 0.350. The summed E-state index contributed by atoms with van der Waals surface area (Å²) in [7, 11) is 0. The molecule has 1 aromatic carbocycles. The summed E-state index contributed by atoms with van der Waals surface area (Å²) in [5, 5.41) is 7.07. The normalized spacial score (nSPS) is 16.8. The summed E-state index contributed by atoms with van der Waals surface area (Å²) in [6.07, 6.45) is 0.836. The summed E-state index contributed by atoms with van der Waals surface area (Å²) in [6.45, 7) is 3.94. The second kappa shape index (κ2) is 7.06.